The Kier molecular flexibility index (Phi) is 5.84. The molecule has 0 aliphatic heterocycles. The molecule has 7 heteroatoms. The van der Waals surface area contributed by atoms with Crippen LogP contribution in [0, 0.1) is 0 Å². The molecule has 86 valence electrons. The fourth-order valence-corrected chi connectivity index (χ4v) is 0.895. The highest BCUT2D eigenvalue weighted by atomic mass is 16.4. The van der Waals surface area contributed by atoms with Crippen molar-refractivity contribution in [2.24, 2.45) is 5.73 Å². The molecule has 0 spiro atoms. The Labute approximate surface area is 87.2 Å². The summed E-state index contributed by atoms with van der Waals surface area (Å²) in [6, 6.07) is -0.599. The zero-order valence-corrected chi connectivity index (χ0v) is 8.52. The lowest BCUT2D eigenvalue weighted by molar-refractivity contribution is -0.137. The van der Waals surface area contributed by atoms with Crippen molar-refractivity contribution in [2.45, 2.75) is 13.3 Å². The van der Waals surface area contributed by atoms with Gasteiger partial charge >= 0.3 is 12.0 Å². The summed E-state index contributed by atoms with van der Waals surface area (Å²) in [5, 5.41) is 11.0. The molecular weight excluding hydrogens is 202 g/mol. The van der Waals surface area contributed by atoms with Gasteiger partial charge in [-0.3, -0.25) is 9.59 Å². The average Bonchev–Trinajstić information content (AvgIpc) is 2.11. The number of urea groups is 1. The van der Waals surface area contributed by atoms with E-state index in [1.807, 2.05) is 6.92 Å². The summed E-state index contributed by atoms with van der Waals surface area (Å²) < 4.78 is 0. The van der Waals surface area contributed by atoms with Gasteiger partial charge in [-0.1, -0.05) is 6.92 Å². The standard InChI is InChI=1S/C8H15N3O4/c1-2-3-10-8(15)11(4-6(9)12)5-7(13)14/h2-5H2,1H3,(H2,9,12)(H,10,15)(H,13,14). The largest absolute Gasteiger partial charge is 0.480 e. The summed E-state index contributed by atoms with van der Waals surface area (Å²) in [4.78, 5) is 33.1. The van der Waals surface area contributed by atoms with Gasteiger partial charge in [0, 0.05) is 6.54 Å². The quantitative estimate of drug-likeness (QED) is 0.528. The molecule has 0 bridgehead atoms. The first kappa shape index (κ1) is 13.2. The van der Waals surface area contributed by atoms with Gasteiger partial charge in [-0.05, 0) is 6.42 Å². The first-order chi connectivity index (χ1) is 6.97. The van der Waals surface area contributed by atoms with Gasteiger partial charge in [-0.15, -0.1) is 0 Å². The zero-order chi connectivity index (χ0) is 11.8. The van der Waals surface area contributed by atoms with Crippen LogP contribution in [0.5, 0.6) is 0 Å². The number of nitrogens with zero attached hydrogens (tertiary/aromatic N) is 1. The van der Waals surface area contributed by atoms with E-state index in [0.717, 1.165) is 11.3 Å². The van der Waals surface area contributed by atoms with Gasteiger partial charge < -0.3 is 21.1 Å². The maximum atomic E-state index is 11.3. The molecule has 0 heterocycles. The summed E-state index contributed by atoms with van der Waals surface area (Å²) in [6.45, 7) is 1.34. The van der Waals surface area contributed by atoms with Crippen LogP contribution in [-0.4, -0.2) is 47.5 Å². The summed E-state index contributed by atoms with van der Waals surface area (Å²) >= 11 is 0. The molecule has 0 radical (unpaired) electrons. The number of carboxylic acid groups (broad SMARTS) is 1. The fourth-order valence-electron chi connectivity index (χ4n) is 0.895. The van der Waals surface area contributed by atoms with Gasteiger partial charge in [0.05, 0.1) is 0 Å². The third-order valence-corrected chi connectivity index (χ3v) is 1.49. The number of nitrogens with two attached hydrogens (primary N) is 1. The van der Waals surface area contributed by atoms with Crippen LogP contribution < -0.4 is 11.1 Å². The normalized spacial score (nSPS) is 9.40. The lowest BCUT2D eigenvalue weighted by Gasteiger charge is -2.19. The molecule has 0 aliphatic carbocycles. The van der Waals surface area contributed by atoms with Crippen molar-refractivity contribution in [3.63, 3.8) is 0 Å². The first-order valence-corrected chi connectivity index (χ1v) is 4.50. The van der Waals surface area contributed by atoms with E-state index in [0.29, 0.717) is 6.54 Å². The number of amides is 3. The molecule has 0 fully saturated rings. The van der Waals surface area contributed by atoms with Crippen molar-refractivity contribution < 1.29 is 19.5 Å². The highest BCUT2D eigenvalue weighted by molar-refractivity contribution is 5.85. The number of aliphatic carboxylic acids is 1. The van der Waals surface area contributed by atoms with Gasteiger partial charge in [-0.2, -0.15) is 0 Å². The molecule has 4 N–H and O–H groups in total. The number of hydrogen-bond acceptors (Lipinski definition) is 3. The zero-order valence-electron chi connectivity index (χ0n) is 8.52. The number of carbonyl (C=O) groups is 3. The van der Waals surface area contributed by atoms with E-state index < -0.39 is 31.0 Å². The van der Waals surface area contributed by atoms with Gasteiger partial charge in [0.1, 0.15) is 13.1 Å². The van der Waals surface area contributed by atoms with Crippen LogP contribution in [0.1, 0.15) is 13.3 Å². The Morgan fingerprint density at radius 1 is 1.33 bits per heavy atom. The number of rotatable bonds is 6. The minimum atomic E-state index is -1.19. The van der Waals surface area contributed by atoms with E-state index in [9.17, 15) is 14.4 Å². The van der Waals surface area contributed by atoms with Crippen LogP contribution in [0.4, 0.5) is 4.79 Å². The lowest BCUT2D eigenvalue weighted by atomic mass is 10.4. The molecule has 15 heavy (non-hydrogen) atoms. The van der Waals surface area contributed by atoms with E-state index in [1.54, 1.807) is 0 Å². The minimum absolute atomic E-state index is 0.401. The predicted octanol–water partition coefficient (Wildman–Crippen LogP) is -1.02. The Morgan fingerprint density at radius 2 is 1.93 bits per heavy atom. The molecule has 0 aromatic rings. The molecule has 7 nitrogen and oxygen atoms in total. The Balaban J connectivity index is 4.26. The molecule has 0 saturated carbocycles. The molecule has 0 aromatic heterocycles. The fraction of sp³-hybridized carbons (Fsp3) is 0.625. The van der Waals surface area contributed by atoms with E-state index in [1.165, 1.54) is 0 Å². The smallest absolute Gasteiger partial charge is 0.323 e. The van der Waals surface area contributed by atoms with Crippen molar-refractivity contribution in [1.82, 2.24) is 10.2 Å². The Hall–Kier alpha value is -1.79. The Bertz CT molecular complexity index is 238. The summed E-state index contributed by atoms with van der Waals surface area (Å²) in [6.07, 6.45) is 0.725. The van der Waals surface area contributed by atoms with Gasteiger partial charge in [0.15, 0.2) is 0 Å². The second kappa shape index (κ2) is 6.63. The van der Waals surface area contributed by atoms with Crippen molar-refractivity contribution >= 4 is 17.9 Å². The third-order valence-electron chi connectivity index (χ3n) is 1.49. The SMILES string of the molecule is CCCNC(=O)N(CC(N)=O)CC(=O)O. The number of primary amides is 1. The number of nitrogens with one attached hydrogen (secondary N) is 1. The molecule has 3 amide bonds. The van der Waals surface area contributed by atoms with Crippen molar-refractivity contribution in [3.05, 3.63) is 0 Å². The second-order valence-corrected chi connectivity index (χ2v) is 2.95. The minimum Gasteiger partial charge on any atom is -0.480 e. The maximum absolute atomic E-state index is 11.3. The van der Waals surface area contributed by atoms with E-state index in [2.05, 4.69) is 5.32 Å². The van der Waals surface area contributed by atoms with Crippen LogP contribution in [0.25, 0.3) is 0 Å². The molecule has 0 aliphatic rings. The first-order valence-electron chi connectivity index (χ1n) is 4.50. The molecule has 0 rings (SSSR count). The predicted molar refractivity (Wildman–Crippen MR) is 52.1 cm³/mol. The average molecular weight is 217 g/mol. The van der Waals surface area contributed by atoms with Gasteiger partial charge in [0.2, 0.25) is 5.91 Å². The van der Waals surface area contributed by atoms with Crippen LogP contribution in [-0.2, 0) is 9.59 Å². The van der Waals surface area contributed by atoms with Crippen LogP contribution >= 0.6 is 0 Å². The highest BCUT2D eigenvalue weighted by Crippen LogP contribution is 1.89. The summed E-state index contributed by atoms with van der Waals surface area (Å²) in [5.41, 5.74) is 4.88. The van der Waals surface area contributed by atoms with E-state index >= 15 is 0 Å². The number of carboxylic acids is 1. The molecular formula is C8H15N3O4. The van der Waals surface area contributed by atoms with Crippen molar-refractivity contribution in [3.8, 4) is 0 Å². The van der Waals surface area contributed by atoms with Crippen molar-refractivity contribution in [2.75, 3.05) is 19.6 Å². The monoisotopic (exact) mass is 217 g/mol. The van der Waals surface area contributed by atoms with Crippen LogP contribution in [0.15, 0.2) is 0 Å². The second-order valence-electron chi connectivity index (χ2n) is 2.95. The topological polar surface area (TPSA) is 113 Å². The highest BCUT2D eigenvalue weighted by Gasteiger charge is 2.17. The molecule has 0 atom stereocenters. The lowest BCUT2D eigenvalue weighted by Crippen LogP contribution is -2.46. The van der Waals surface area contributed by atoms with Gasteiger partial charge in [0.25, 0.3) is 0 Å². The maximum Gasteiger partial charge on any atom is 0.323 e. The van der Waals surface area contributed by atoms with Crippen LogP contribution in [0.3, 0.4) is 0 Å². The van der Waals surface area contributed by atoms with Gasteiger partial charge in [-0.25, -0.2) is 4.79 Å². The molecule has 0 saturated heterocycles. The number of carbonyl (C=O) groups excluding carboxylic acids is 2. The molecule has 0 unspecified atom stereocenters. The van der Waals surface area contributed by atoms with Crippen molar-refractivity contribution in [1.29, 1.82) is 0 Å². The Morgan fingerprint density at radius 3 is 2.33 bits per heavy atom. The summed E-state index contributed by atoms with van der Waals surface area (Å²) in [7, 11) is 0. The molecule has 0 aromatic carbocycles. The van der Waals surface area contributed by atoms with Crippen LogP contribution in [0.2, 0.25) is 0 Å². The van der Waals surface area contributed by atoms with E-state index in [-0.39, 0.29) is 0 Å². The third kappa shape index (κ3) is 6.30. The van der Waals surface area contributed by atoms with E-state index in [4.69, 9.17) is 10.8 Å². The number of hydrogen-bond donors (Lipinski definition) is 3. The summed E-state index contributed by atoms with van der Waals surface area (Å²) in [5.74, 6) is -1.94.